The van der Waals surface area contributed by atoms with Crippen molar-refractivity contribution in [1.29, 1.82) is 0 Å². The molecule has 1 aromatic rings. The second-order valence-corrected chi connectivity index (χ2v) is 4.33. The summed E-state index contributed by atoms with van der Waals surface area (Å²) in [7, 11) is 0. The van der Waals surface area contributed by atoms with Gasteiger partial charge in [-0.25, -0.2) is 0 Å². The van der Waals surface area contributed by atoms with Crippen LogP contribution in [-0.2, 0) is 0 Å². The zero-order chi connectivity index (χ0) is 9.36. The average molecular weight is 216 g/mol. The van der Waals surface area contributed by atoms with Crippen molar-refractivity contribution >= 4 is 23.4 Å². The predicted octanol–water partition coefficient (Wildman–Crippen LogP) is 3.58. The molecular formula is C10H14ClNS. The van der Waals surface area contributed by atoms with Gasteiger partial charge in [-0.3, -0.25) is 4.98 Å². The molecule has 1 aromatic heterocycles. The molecule has 1 nitrogen and oxygen atoms in total. The van der Waals surface area contributed by atoms with E-state index in [1.165, 1.54) is 23.5 Å². The Morgan fingerprint density at radius 3 is 2.62 bits per heavy atom. The van der Waals surface area contributed by atoms with E-state index in [1.54, 1.807) is 0 Å². The summed E-state index contributed by atoms with van der Waals surface area (Å²) in [5.74, 6) is 1.97. The van der Waals surface area contributed by atoms with E-state index in [9.17, 15) is 0 Å². The molecule has 0 aliphatic heterocycles. The lowest BCUT2D eigenvalue weighted by Crippen LogP contribution is -1.82. The number of hydrogen-bond donors (Lipinski definition) is 0. The topological polar surface area (TPSA) is 12.9 Å². The van der Waals surface area contributed by atoms with E-state index in [0.29, 0.717) is 0 Å². The van der Waals surface area contributed by atoms with Crippen molar-refractivity contribution in [2.75, 3.05) is 11.6 Å². The zero-order valence-electron chi connectivity index (χ0n) is 7.58. The first-order chi connectivity index (χ1) is 6.43. The summed E-state index contributed by atoms with van der Waals surface area (Å²) in [6.45, 7) is 0. The van der Waals surface area contributed by atoms with Crippen molar-refractivity contribution in [2.24, 2.45) is 0 Å². The molecule has 0 N–H and O–H groups in total. The first-order valence-corrected chi connectivity index (χ1v) is 6.04. The molecule has 0 aliphatic carbocycles. The maximum atomic E-state index is 5.58. The van der Waals surface area contributed by atoms with Gasteiger partial charge in [0.15, 0.2) is 0 Å². The maximum absolute atomic E-state index is 5.58. The number of unbranched alkanes of at least 4 members (excludes halogenated alkanes) is 2. The van der Waals surface area contributed by atoms with Gasteiger partial charge in [0.05, 0.1) is 0 Å². The molecular weight excluding hydrogens is 202 g/mol. The highest BCUT2D eigenvalue weighted by Crippen LogP contribution is 2.17. The summed E-state index contributed by atoms with van der Waals surface area (Å²) in [6.07, 6.45) is 7.29. The summed E-state index contributed by atoms with van der Waals surface area (Å²) in [6, 6.07) is 4.10. The molecule has 0 aromatic carbocycles. The minimum atomic E-state index is 0.792. The second kappa shape index (κ2) is 7.22. The normalized spacial score (nSPS) is 10.2. The van der Waals surface area contributed by atoms with Crippen molar-refractivity contribution in [3.63, 3.8) is 0 Å². The predicted molar refractivity (Wildman–Crippen MR) is 59.5 cm³/mol. The molecule has 0 saturated heterocycles. The molecule has 0 aliphatic rings. The Morgan fingerprint density at radius 1 is 1.15 bits per heavy atom. The van der Waals surface area contributed by atoms with E-state index < -0.39 is 0 Å². The van der Waals surface area contributed by atoms with E-state index in [-0.39, 0.29) is 0 Å². The average Bonchev–Trinajstić information content (AvgIpc) is 2.19. The number of rotatable bonds is 6. The van der Waals surface area contributed by atoms with Crippen LogP contribution in [0.15, 0.2) is 29.4 Å². The molecule has 1 rings (SSSR count). The van der Waals surface area contributed by atoms with Gasteiger partial charge in [-0.1, -0.05) is 6.42 Å². The number of thioether (sulfide) groups is 1. The van der Waals surface area contributed by atoms with Gasteiger partial charge in [-0.15, -0.1) is 23.4 Å². The Hall–Kier alpha value is -0.210. The van der Waals surface area contributed by atoms with Crippen molar-refractivity contribution in [3.8, 4) is 0 Å². The number of pyridine rings is 1. The van der Waals surface area contributed by atoms with E-state index in [0.717, 1.165) is 12.3 Å². The fraction of sp³-hybridized carbons (Fsp3) is 0.500. The minimum Gasteiger partial charge on any atom is -0.265 e. The van der Waals surface area contributed by atoms with Crippen LogP contribution in [0.3, 0.4) is 0 Å². The highest BCUT2D eigenvalue weighted by molar-refractivity contribution is 7.99. The third-order valence-corrected chi connectivity index (χ3v) is 3.06. The summed E-state index contributed by atoms with van der Waals surface area (Å²) in [5, 5.41) is 0. The van der Waals surface area contributed by atoms with Gasteiger partial charge in [0.1, 0.15) is 0 Å². The highest BCUT2D eigenvalue weighted by atomic mass is 35.5. The Kier molecular flexibility index (Phi) is 6.03. The first-order valence-electron chi connectivity index (χ1n) is 4.52. The Balaban J connectivity index is 2.07. The molecule has 0 saturated carbocycles. The van der Waals surface area contributed by atoms with Crippen LogP contribution in [0.5, 0.6) is 0 Å². The lowest BCUT2D eigenvalue weighted by Gasteiger charge is -1.99. The SMILES string of the molecule is ClCCCCCSc1ccncc1. The van der Waals surface area contributed by atoms with Crippen molar-refractivity contribution in [1.82, 2.24) is 4.98 Å². The second-order valence-electron chi connectivity index (χ2n) is 2.78. The van der Waals surface area contributed by atoms with Gasteiger partial charge in [0.2, 0.25) is 0 Å². The summed E-state index contributed by atoms with van der Waals surface area (Å²) in [4.78, 5) is 5.28. The number of nitrogens with zero attached hydrogens (tertiary/aromatic N) is 1. The summed E-state index contributed by atoms with van der Waals surface area (Å²) >= 11 is 7.47. The molecule has 0 unspecified atom stereocenters. The Morgan fingerprint density at radius 2 is 1.92 bits per heavy atom. The number of alkyl halides is 1. The van der Waals surface area contributed by atoms with Crippen LogP contribution in [-0.4, -0.2) is 16.6 Å². The lowest BCUT2D eigenvalue weighted by molar-refractivity contribution is 0.783. The quantitative estimate of drug-likeness (QED) is 0.409. The van der Waals surface area contributed by atoms with Crippen LogP contribution in [0.25, 0.3) is 0 Å². The van der Waals surface area contributed by atoms with Gasteiger partial charge in [0, 0.05) is 23.2 Å². The largest absolute Gasteiger partial charge is 0.265 e. The van der Waals surface area contributed by atoms with Crippen LogP contribution in [0.4, 0.5) is 0 Å². The van der Waals surface area contributed by atoms with E-state index in [2.05, 4.69) is 4.98 Å². The zero-order valence-corrected chi connectivity index (χ0v) is 9.15. The molecule has 0 spiro atoms. The molecule has 0 atom stereocenters. The number of hydrogen-bond acceptors (Lipinski definition) is 2. The summed E-state index contributed by atoms with van der Waals surface area (Å²) < 4.78 is 0. The maximum Gasteiger partial charge on any atom is 0.0278 e. The van der Waals surface area contributed by atoms with Crippen LogP contribution >= 0.6 is 23.4 Å². The van der Waals surface area contributed by atoms with Crippen LogP contribution in [0.2, 0.25) is 0 Å². The van der Waals surface area contributed by atoms with Crippen LogP contribution in [0, 0.1) is 0 Å². The Bertz CT molecular complexity index is 215. The van der Waals surface area contributed by atoms with Crippen LogP contribution in [0.1, 0.15) is 19.3 Å². The fourth-order valence-electron chi connectivity index (χ4n) is 0.998. The van der Waals surface area contributed by atoms with Gasteiger partial charge in [-0.2, -0.15) is 0 Å². The minimum absolute atomic E-state index is 0.792. The molecule has 1 heterocycles. The molecule has 0 fully saturated rings. The van der Waals surface area contributed by atoms with Crippen LogP contribution < -0.4 is 0 Å². The Labute approximate surface area is 88.9 Å². The van der Waals surface area contributed by atoms with Gasteiger partial charge in [0.25, 0.3) is 0 Å². The smallest absolute Gasteiger partial charge is 0.0278 e. The third-order valence-electron chi connectivity index (χ3n) is 1.70. The van der Waals surface area contributed by atoms with Crippen molar-refractivity contribution in [2.45, 2.75) is 24.2 Å². The monoisotopic (exact) mass is 215 g/mol. The lowest BCUT2D eigenvalue weighted by atomic mass is 10.3. The fourth-order valence-corrected chi connectivity index (χ4v) is 2.09. The van der Waals surface area contributed by atoms with Gasteiger partial charge >= 0.3 is 0 Å². The first kappa shape index (κ1) is 10.9. The molecule has 0 amide bonds. The molecule has 72 valence electrons. The standard InChI is InChI=1S/C10H14ClNS/c11-6-2-1-3-9-13-10-4-7-12-8-5-10/h4-5,7-8H,1-3,6,9H2. The van der Waals surface area contributed by atoms with Crippen molar-refractivity contribution < 1.29 is 0 Å². The number of halogens is 1. The highest BCUT2D eigenvalue weighted by Gasteiger charge is 1.92. The molecule has 0 bridgehead atoms. The van der Waals surface area contributed by atoms with Gasteiger partial charge < -0.3 is 0 Å². The third kappa shape index (κ3) is 5.17. The summed E-state index contributed by atoms with van der Waals surface area (Å²) in [5.41, 5.74) is 0. The van der Waals surface area contributed by atoms with Gasteiger partial charge in [-0.05, 0) is 30.7 Å². The molecule has 13 heavy (non-hydrogen) atoms. The van der Waals surface area contributed by atoms with Crippen molar-refractivity contribution in [3.05, 3.63) is 24.5 Å². The molecule has 0 radical (unpaired) electrons. The molecule has 3 heteroatoms. The number of aromatic nitrogens is 1. The van der Waals surface area contributed by atoms with E-state index in [1.807, 2.05) is 36.3 Å². The van der Waals surface area contributed by atoms with E-state index >= 15 is 0 Å². The van der Waals surface area contributed by atoms with E-state index in [4.69, 9.17) is 11.6 Å².